The molecule has 0 heterocycles. The van der Waals surface area contributed by atoms with Crippen LogP contribution in [0, 0.1) is 11.8 Å². The number of rotatable bonds is 4. The van der Waals surface area contributed by atoms with E-state index in [0.717, 1.165) is 12.8 Å². The second kappa shape index (κ2) is 6.27. The second-order valence-electron chi connectivity index (χ2n) is 3.72. The van der Waals surface area contributed by atoms with Crippen molar-refractivity contribution in [3.63, 3.8) is 0 Å². The fourth-order valence-corrected chi connectivity index (χ4v) is 1.85. The van der Waals surface area contributed by atoms with E-state index >= 15 is 0 Å². The van der Waals surface area contributed by atoms with Gasteiger partial charge in [0.15, 0.2) is 0 Å². The molecular formula is C14H19N. The van der Waals surface area contributed by atoms with E-state index in [1.807, 2.05) is 13.0 Å². The third-order valence-corrected chi connectivity index (χ3v) is 2.70. The Morgan fingerprint density at radius 2 is 1.93 bits per heavy atom. The molecule has 0 aliphatic carbocycles. The van der Waals surface area contributed by atoms with E-state index < -0.39 is 0 Å². The fourth-order valence-electron chi connectivity index (χ4n) is 1.85. The molecule has 1 nitrogen and oxygen atoms in total. The lowest BCUT2D eigenvalue weighted by Crippen LogP contribution is -2.27. The largest absolute Gasteiger partial charge is 0.326 e. The first-order chi connectivity index (χ1) is 7.29. The third-order valence-electron chi connectivity index (χ3n) is 2.70. The van der Waals surface area contributed by atoms with Crippen LogP contribution in [0.2, 0.25) is 0 Å². The van der Waals surface area contributed by atoms with E-state index in [4.69, 9.17) is 5.73 Å². The lowest BCUT2D eigenvalue weighted by atomic mass is 9.88. The Morgan fingerprint density at radius 1 is 1.27 bits per heavy atom. The second-order valence-corrected chi connectivity index (χ2v) is 3.72. The predicted octanol–water partition coefficient (Wildman–Crippen LogP) is 2.92. The van der Waals surface area contributed by atoms with Crippen molar-refractivity contribution in [3.05, 3.63) is 35.9 Å². The summed E-state index contributed by atoms with van der Waals surface area (Å²) in [7, 11) is 0. The maximum absolute atomic E-state index is 6.14. The van der Waals surface area contributed by atoms with Gasteiger partial charge in [-0.05, 0) is 24.8 Å². The average Bonchev–Trinajstić information content (AvgIpc) is 2.29. The first-order valence-corrected chi connectivity index (χ1v) is 5.49. The Kier molecular flexibility index (Phi) is 4.93. The number of hydrogen-bond donors (Lipinski definition) is 1. The molecular weight excluding hydrogens is 182 g/mol. The summed E-state index contributed by atoms with van der Waals surface area (Å²) in [6.07, 6.45) is 1.85. The molecule has 0 bridgehead atoms. The van der Waals surface area contributed by atoms with Gasteiger partial charge in [-0.1, -0.05) is 37.3 Å². The molecule has 1 aromatic carbocycles. The third kappa shape index (κ3) is 3.42. The average molecular weight is 201 g/mol. The number of benzene rings is 1. The highest BCUT2D eigenvalue weighted by atomic mass is 14.6. The Bertz CT molecular complexity index is 331. The van der Waals surface area contributed by atoms with Gasteiger partial charge in [-0.2, -0.15) is 0 Å². The molecule has 0 aliphatic rings. The normalized spacial score (nSPS) is 13.8. The minimum absolute atomic E-state index is 0.143. The Morgan fingerprint density at radius 3 is 2.47 bits per heavy atom. The van der Waals surface area contributed by atoms with Gasteiger partial charge in [0, 0.05) is 12.5 Å². The van der Waals surface area contributed by atoms with Crippen molar-refractivity contribution in [2.75, 3.05) is 0 Å². The summed E-state index contributed by atoms with van der Waals surface area (Å²) in [4.78, 5) is 0. The topological polar surface area (TPSA) is 26.0 Å². The van der Waals surface area contributed by atoms with Crippen LogP contribution < -0.4 is 5.73 Å². The smallest absolute Gasteiger partial charge is 0.0247 e. The van der Waals surface area contributed by atoms with E-state index in [1.54, 1.807) is 0 Å². The molecule has 80 valence electrons. The maximum atomic E-state index is 6.14. The molecule has 1 aromatic rings. The molecule has 0 fully saturated rings. The van der Waals surface area contributed by atoms with Crippen LogP contribution in [0.5, 0.6) is 0 Å². The van der Waals surface area contributed by atoms with Crippen LogP contribution in [0.3, 0.4) is 0 Å². The molecule has 0 amide bonds. The van der Waals surface area contributed by atoms with Crippen LogP contribution in [0.15, 0.2) is 30.3 Å². The lowest BCUT2D eigenvalue weighted by Gasteiger charge is -2.21. The molecule has 0 saturated carbocycles. The zero-order chi connectivity index (χ0) is 11.1. The molecule has 0 spiro atoms. The molecule has 2 unspecified atom stereocenters. The van der Waals surface area contributed by atoms with Crippen molar-refractivity contribution in [2.45, 2.75) is 38.6 Å². The van der Waals surface area contributed by atoms with Crippen LogP contribution in [-0.2, 0) is 0 Å². The number of hydrogen-bond acceptors (Lipinski definition) is 1. The summed E-state index contributed by atoms with van der Waals surface area (Å²) in [5.41, 5.74) is 7.47. The monoisotopic (exact) mass is 201 g/mol. The van der Waals surface area contributed by atoms with Crippen LogP contribution in [0.25, 0.3) is 0 Å². The Balaban J connectivity index is 2.74. The summed E-state index contributed by atoms with van der Waals surface area (Å²) < 4.78 is 0. The highest BCUT2D eigenvalue weighted by molar-refractivity contribution is 5.21. The van der Waals surface area contributed by atoms with Gasteiger partial charge >= 0.3 is 0 Å². The molecule has 0 aromatic heterocycles. The van der Waals surface area contributed by atoms with Gasteiger partial charge in [0.2, 0.25) is 0 Å². The van der Waals surface area contributed by atoms with Crippen molar-refractivity contribution in [1.82, 2.24) is 0 Å². The Hall–Kier alpha value is -1.26. The van der Waals surface area contributed by atoms with E-state index in [2.05, 4.69) is 43.0 Å². The van der Waals surface area contributed by atoms with Gasteiger partial charge in [-0.3, -0.25) is 0 Å². The quantitative estimate of drug-likeness (QED) is 0.745. The van der Waals surface area contributed by atoms with Crippen LogP contribution in [0.1, 0.15) is 38.2 Å². The molecule has 2 atom stereocenters. The van der Waals surface area contributed by atoms with Crippen LogP contribution in [0.4, 0.5) is 0 Å². The lowest BCUT2D eigenvalue weighted by molar-refractivity contribution is 0.527. The highest BCUT2D eigenvalue weighted by Crippen LogP contribution is 2.23. The summed E-state index contributed by atoms with van der Waals surface area (Å²) in [5.74, 6) is 6.38. The molecule has 0 saturated heterocycles. The van der Waals surface area contributed by atoms with Gasteiger partial charge in [-0.25, -0.2) is 0 Å². The zero-order valence-electron chi connectivity index (χ0n) is 9.53. The van der Waals surface area contributed by atoms with Gasteiger partial charge in [-0.15, -0.1) is 11.8 Å². The van der Waals surface area contributed by atoms with Gasteiger partial charge in [0.25, 0.3) is 0 Å². The summed E-state index contributed by atoms with van der Waals surface area (Å²) in [6.45, 7) is 4.03. The van der Waals surface area contributed by atoms with Gasteiger partial charge in [0.05, 0.1) is 0 Å². The Labute approximate surface area is 92.7 Å². The number of nitrogens with two attached hydrogens (primary N) is 1. The van der Waals surface area contributed by atoms with E-state index in [-0.39, 0.29) is 6.04 Å². The summed E-state index contributed by atoms with van der Waals surface area (Å²) in [5, 5.41) is 0. The predicted molar refractivity (Wildman–Crippen MR) is 65.5 cm³/mol. The SMILES string of the molecule is CC#CCC(N)C(CC)c1ccccc1. The molecule has 2 N–H and O–H groups in total. The van der Waals surface area contributed by atoms with Crippen LogP contribution in [-0.4, -0.2) is 6.04 Å². The van der Waals surface area contributed by atoms with Crippen molar-refractivity contribution in [1.29, 1.82) is 0 Å². The van der Waals surface area contributed by atoms with Gasteiger partial charge in [0.1, 0.15) is 0 Å². The van der Waals surface area contributed by atoms with E-state index in [1.165, 1.54) is 5.56 Å². The standard InChI is InChI=1S/C14H19N/c1-3-5-11-14(15)13(4-2)12-9-7-6-8-10-12/h6-10,13-14H,4,11,15H2,1-2H3. The molecule has 0 aliphatic heterocycles. The maximum Gasteiger partial charge on any atom is 0.0247 e. The van der Waals surface area contributed by atoms with Crippen molar-refractivity contribution in [3.8, 4) is 11.8 Å². The van der Waals surface area contributed by atoms with E-state index in [0.29, 0.717) is 5.92 Å². The van der Waals surface area contributed by atoms with Crippen LogP contribution >= 0.6 is 0 Å². The van der Waals surface area contributed by atoms with E-state index in [9.17, 15) is 0 Å². The molecule has 1 rings (SSSR count). The van der Waals surface area contributed by atoms with Crippen molar-refractivity contribution < 1.29 is 0 Å². The first-order valence-electron chi connectivity index (χ1n) is 5.49. The molecule has 0 radical (unpaired) electrons. The van der Waals surface area contributed by atoms with Crippen molar-refractivity contribution >= 4 is 0 Å². The summed E-state index contributed by atoms with van der Waals surface area (Å²) >= 11 is 0. The fraction of sp³-hybridized carbons (Fsp3) is 0.429. The van der Waals surface area contributed by atoms with Gasteiger partial charge < -0.3 is 5.73 Å². The minimum atomic E-state index is 0.143. The van der Waals surface area contributed by atoms with Crippen molar-refractivity contribution in [2.24, 2.45) is 5.73 Å². The first kappa shape index (κ1) is 11.8. The summed E-state index contributed by atoms with van der Waals surface area (Å²) in [6, 6.07) is 10.6. The molecule has 1 heteroatoms. The zero-order valence-corrected chi connectivity index (χ0v) is 9.53. The minimum Gasteiger partial charge on any atom is -0.326 e. The highest BCUT2D eigenvalue weighted by Gasteiger charge is 2.16. The molecule has 15 heavy (non-hydrogen) atoms.